The summed E-state index contributed by atoms with van der Waals surface area (Å²) in [5.74, 6) is 0.234. The van der Waals surface area contributed by atoms with Crippen LogP contribution in [0.2, 0.25) is 0 Å². The highest BCUT2D eigenvalue weighted by Gasteiger charge is 2.04. The quantitative estimate of drug-likeness (QED) is 0.744. The Morgan fingerprint density at radius 3 is 2.53 bits per heavy atom. The first-order valence-electron chi connectivity index (χ1n) is 5.16. The molecule has 2 aromatic heterocycles. The minimum absolute atomic E-state index is 0.234. The molecule has 0 bridgehead atoms. The highest BCUT2D eigenvalue weighted by Crippen LogP contribution is 2.22. The van der Waals surface area contributed by atoms with Crippen LogP contribution >= 0.6 is 15.9 Å². The standard InChI is InChI=1S/C13H9BrN2O/c14-10-3-1-9(2-4-10)12-8-16-7-11(17)5-6-13(16)15-12/h1-8,17H. The van der Waals surface area contributed by atoms with Gasteiger partial charge in [-0.25, -0.2) is 4.98 Å². The van der Waals surface area contributed by atoms with E-state index in [2.05, 4.69) is 20.9 Å². The van der Waals surface area contributed by atoms with Crippen molar-refractivity contribution in [3.63, 3.8) is 0 Å². The first kappa shape index (κ1) is 10.4. The van der Waals surface area contributed by atoms with E-state index in [9.17, 15) is 5.11 Å². The zero-order chi connectivity index (χ0) is 11.8. The predicted octanol–water partition coefficient (Wildman–Crippen LogP) is 3.47. The van der Waals surface area contributed by atoms with Crippen LogP contribution < -0.4 is 0 Å². The van der Waals surface area contributed by atoms with Crippen LogP contribution in [0, 0.1) is 0 Å². The Labute approximate surface area is 106 Å². The van der Waals surface area contributed by atoms with Crippen LogP contribution in [0.15, 0.2) is 53.3 Å². The Morgan fingerprint density at radius 2 is 1.76 bits per heavy atom. The number of halogens is 1. The second-order valence-corrected chi connectivity index (χ2v) is 4.70. The monoisotopic (exact) mass is 288 g/mol. The molecular weight excluding hydrogens is 280 g/mol. The molecule has 0 atom stereocenters. The highest BCUT2D eigenvalue weighted by atomic mass is 79.9. The van der Waals surface area contributed by atoms with Crippen molar-refractivity contribution < 1.29 is 5.11 Å². The predicted molar refractivity (Wildman–Crippen MR) is 70.0 cm³/mol. The van der Waals surface area contributed by atoms with Gasteiger partial charge in [-0.15, -0.1) is 0 Å². The van der Waals surface area contributed by atoms with Gasteiger partial charge in [0.25, 0.3) is 0 Å². The Balaban J connectivity index is 2.14. The molecule has 0 unspecified atom stereocenters. The van der Waals surface area contributed by atoms with Gasteiger partial charge in [-0.05, 0) is 24.3 Å². The first-order valence-corrected chi connectivity index (χ1v) is 5.95. The van der Waals surface area contributed by atoms with Gasteiger partial charge in [-0.1, -0.05) is 28.1 Å². The Hall–Kier alpha value is -1.81. The number of nitrogens with zero attached hydrogens (tertiary/aromatic N) is 2. The van der Waals surface area contributed by atoms with Crippen molar-refractivity contribution in [2.75, 3.05) is 0 Å². The molecule has 3 nitrogen and oxygen atoms in total. The van der Waals surface area contributed by atoms with Gasteiger partial charge in [0, 0.05) is 16.2 Å². The molecule has 0 amide bonds. The molecule has 1 N–H and O–H groups in total. The van der Waals surface area contributed by atoms with E-state index in [1.54, 1.807) is 18.3 Å². The van der Waals surface area contributed by atoms with Gasteiger partial charge in [0.15, 0.2) is 0 Å². The minimum atomic E-state index is 0.234. The van der Waals surface area contributed by atoms with E-state index in [1.807, 2.05) is 34.9 Å². The molecule has 84 valence electrons. The van der Waals surface area contributed by atoms with Crippen LogP contribution in [0.5, 0.6) is 5.75 Å². The normalized spacial score (nSPS) is 10.9. The number of hydrogen-bond acceptors (Lipinski definition) is 2. The maximum atomic E-state index is 9.39. The van der Waals surface area contributed by atoms with Crippen LogP contribution in [-0.4, -0.2) is 14.5 Å². The number of imidazole rings is 1. The fourth-order valence-corrected chi connectivity index (χ4v) is 2.00. The van der Waals surface area contributed by atoms with Crippen LogP contribution in [0.3, 0.4) is 0 Å². The zero-order valence-corrected chi connectivity index (χ0v) is 10.4. The van der Waals surface area contributed by atoms with Gasteiger partial charge in [0.05, 0.1) is 11.9 Å². The SMILES string of the molecule is Oc1ccc2nc(-c3ccc(Br)cc3)cn2c1. The minimum Gasteiger partial charge on any atom is -0.506 e. The van der Waals surface area contributed by atoms with Gasteiger partial charge in [-0.2, -0.15) is 0 Å². The van der Waals surface area contributed by atoms with E-state index in [4.69, 9.17) is 0 Å². The summed E-state index contributed by atoms with van der Waals surface area (Å²) >= 11 is 3.40. The maximum Gasteiger partial charge on any atom is 0.137 e. The molecule has 0 saturated heterocycles. The van der Waals surface area contributed by atoms with E-state index in [0.717, 1.165) is 21.4 Å². The average Bonchev–Trinajstić information content (AvgIpc) is 2.72. The summed E-state index contributed by atoms with van der Waals surface area (Å²) in [6.07, 6.45) is 3.54. The fourth-order valence-electron chi connectivity index (χ4n) is 1.74. The van der Waals surface area contributed by atoms with Gasteiger partial charge >= 0.3 is 0 Å². The number of benzene rings is 1. The third-order valence-electron chi connectivity index (χ3n) is 2.58. The lowest BCUT2D eigenvalue weighted by Gasteiger charge is -1.95. The molecule has 1 aromatic carbocycles. The fraction of sp³-hybridized carbons (Fsp3) is 0. The third-order valence-corrected chi connectivity index (χ3v) is 3.10. The lowest BCUT2D eigenvalue weighted by Crippen LogP contribution is -1.79. The summed E-state index contributed by atoms with van der Waals surface area (Å²) in [6.45, 7) is 0. The van der Waals surface area contributed by atoms with E-state index in [1.165, 1.54) is 0 Å². The molecule has 17 heavy (non-hydrogen) atoms. The van der Waals surface area contributed by atoms with Crippen LogP contribution in [0.25, 0.3) is 16.9 Å². The lowest BCUT2D eigenvalue weighted by molar-refractivity contribution is 0.472. The van der Waals surface area contributed by atoms with Crippen molar-refractivity contribution in [1.82, 2.24) is 9.38 Å². The molecule has 0 aliphatic carbocycles. The molecule has 3 rings (SSSR count). The van der Waals surface area contributed by atoms with Crippen molar-refractivity contribution in [1.29, 1.82) is 0 Å². The topological polar surface area (TPSA) is 37.5 Å². The van der Waals surface area contributed by atoms with Crippen LogP contribution in [0.1, 0.15) is 0 Å². The molecule has 0 radical (unpaired) electrons. The molecule has 0 aliphatic rings. The summed E-state index contributed by atoms with van der Waals surface area (Å²) < 4.78 is 2.86. The largest absolute Gasteiger partial charge is 0.506 e. The number of fused-ring (bicyclic) bond motifs is 1. The van der Waals surface area contributed by atoms with Crippen molar-refractivity contribution in [3.05, 3.63) is 53.3 Å². The number of pyridine rings is 1. The number of aromatic nitrogens is 2. The molecular formula is C13H9BrN2O. The van der Waals surface area contributed by atoms with Gasteiger partial charge in [-0.3, -0.25) is 0 Å². The van der Waals surface area contributed by atoms with E-state index >= 15 is 0 Å². The second kappa shape index (κ2) is 3.89. The number of aromatic hydroxyl groups is 1. The third kappa shape index (κ3) is 1.91. The van der Waals surface area contributed by atoms with Crippen molar-refractivity contribution in [3.8, 4) is 17.0 Å². The lowest BCUT2D eigenvalue weighted by atomic mass is 10.2. The summed E-state index contributed by atoms with van der Waals surface area (Å²) in [4.78, 5) is 4.49. The van der Waals surface area contributed by atoms with Crippen LogP contribution in [-0.2, 0) is 0 Å². The molecule has 2 heterocycles. The average molecular weight is 289 g/mol. The molecule has 0 aliphatic heterocycles. The number of hydrogen-bond donors (Lipinski definition) is 1. The molecule has 3 aromatic rings. The molecule has 0 saturated carbocycles. The van der Waals surface area contributed by atoms with Crippen molar-refractivity contribution >= 4 is 21.6 Å². The van der Waals surface area contributed by atoms with E-state index in [0.29, 0.717) is 0 Å². The van der Waals surface area contributed by atoms with Crippen molar-refractivity contribution in [2.24, 2.45) is 0 Å². The summed E-state index contributed by atoms with van der Waals surface area (Å²) in [5, 5.41) is 9.39. The zero-order valence-electron chi connectivity index (χ0n) is 8.84. The molecule has 4 heteroatoms. The smallest absolute Gasteiger partial charge is 0.137 e. The summed E-state index contributed by atoms with van der Waals surface area (Å²) in [7, 11) is 0. The maximum absolute atomic E-state index is 9.39. The van der Waals surface area contributed by atoms with E-state index in [-0.39, 0.29) is 5.75 Å². The Bertz CT molecular complexity index is 673. The summed E-state index contributed by atoms with van der Waals surface area (Å²) in [6, 6.07) is 11.4. The molecule has 0 fully saturated rings. The van der Waals surface area contributed by atoms with E-state index < -0.39 is 0 Å². The van der Waals surface area contributed by atoms with Gasteiger partial charge < -0.3 is 9.51 Å². The molecule has 0 spiro atoms. The van der Waals surface area contributed by atoms with Gasteiger partial charge in [0.2, 0.25) is 0 Å². The second-order valence-electron chi connectivity index (χ2n) is 3.79. The first-order chi connectivity index (χ1) is 8.22. The van der Waals surface area contributed by atoms with Crippen molar-refractivity contribution in [2.45, 2.75) is 0 Å². The Morgan fingerprint density at radius 1 is 1.00 bits per heavy atom. The van der Waals surface area contributed by atoms with Crippen LogP contribution in [0.4, 0.5) is 0 Å². The Kier molecular flexibility index (Phi) is 2.37. The van der Waals surface area contributed by atoms with Gasteiger partial charge in [0.1, 0.15) is 11.4 Å². The highest BCUT2D eigenvalue weighted by molar-refractivity contribution is 9.10. The summed E-state index contributed by atoms with van der Waals surface area (Å²) in [5.41, 5.74) is 2.76. The number of rotatable bonds is 1.